The molecule has 4 nitrogen and oxygen atoms in total. The topological polar surface area (TPSA) is 53.7 Å². The van der Waals surface area contributed by atoms with Gasteiger partial charge in [0, 0.05) is 11.5 Å². The summed E-state index contributed by atoms with van der Waals surface area (Å²) in [5.74, 6) is 2.68. The highest BCUT2D eigenvalue weighted by Gasteiger charge is 2.16. The number of hydrogen-bond donors (Lipinski definition) is 1. The monoisotopic (exact) mass is 315 g/mol. The van der Waals surface area contributed by atoms with Crippen LogP contribution >= 0.6 is 0 Å². The maximum Gasteiger partial charge on any atom is 0.122 e. The summed E-state index contributed by atoms with van der Waals surface area (Å²) >= 11 is 0. The molecule has 2 aromatic carbocycles. The summed E-state index contributed by atoms with van der Waals surface area (Å²) in [4.78, 5) is 0. The summed E-state index contributed by atoms with van der Waals surface area (Å²) in [7, 11) is 3.33. The van der Waals surface area contributed by atoms with Crippen molar-refractivity contribution in [3.05, 3.63) is 53.6 Å². The van der Waals surface area contributed by atoms with Crippen LogP contribution in [0.4, 0.5) is 0 Å². The van der Waals surface area contributed by atoms with Crippen molar-refractivity contribution in [2.75, 3.05) is 27.4 Å². The predicted octanol–water partition coefficient (Wildman–Crippen LogP) is 3.52. The minimum absolute atomic E-state index is 0.157. The second-order valence-electron chi connectivity index (χ2n) is 5.49. The number of nitrogens with two attached hydrogens (primary N) is 1. The molecule has 2 aromatic rings. The van der Waals surface area contributed by atoms with Crippen LogP contribution in [-0.2, 0) is 0 Å². The molecule has 0 aliphatic heterocycles. The lowest BCUT2D eigenvalue weighted by Gasteiger charge is -2.19. The molecule has 4 heteroatoms. The van der Waals surface area contributed by atoms with E-state index in [1.54, 1.807) is 14.2 Å². The summed E-state index contributed by atoms with van der Waals surface area (Å²) in [6, 6.07) is 13.8. The number of benzene rings is 2. The van der Waals surface area contributed by atoms with Gasteiger partial charge in [0.05, 0.1) is 20.8 Å². The fourth-order valence-corrected chi connectivity index (χ4v) is 2.58. The van der Waals surface area contributed by atoms with Crippen molar-refractivity contribution >= 4 is 0 Å². The van der Waals surface area contributed by atoms with Crippen LogP contribution in [-0.4, -0.2) is 27.4 Å². The third-order valence-corrected chi connectivity index (χ3v) is 3.89. The molecule has 1 atom stereocenters. The zero-order chi connectivity index (χ0) is 16.7. The molecular formula is C19H25NO3. The smallest absolute Gasteiger partial charge is 0.122 e. The lowest BCUT2D eigenvalue weighted by molar-refractivity contribution is 0.296. The normalized spacial score (nSPS) is 11.8. The van der Waals surface area contributed by atoms with Crippen molar-refractivity contribution in [1.29, 1.82) is 0 Å². The molecule has 0 aliphatic rings. The Labute approximate surface area is 138 Å². The minimum atomic E-state index is 0.157. The van der Waals surface area contributed by atoms with Gasteiger partial charge in [-0.15, -0.1) is 0 Å². The SMILES string of the molecule is COc1ccc(OC)c(C(CN)CCOc2cccc(C)c2)c1. The van der Waals surface area contributed by atoms with Crippen LogP contribution < -0.4 is 19.9 Å². The molecule has 0 aliphatic carbocycles. The third kappa shape index (κ3) is 4.63. The fraction of sp³-hybridized carbons (Fsp3) is 0.368. The standard InChI is InChI=1S/C19H25NO3/c1-14-5-4-6-17(11-14)23-10-9-15(13-20)18-12-16(21-2)7-8-19(18)22-3/h4-8,11-12,15H,9-10,13,20H2,1-3H3. The van der Waals surface area contributed by atoms with Crippen LogP contribution in [0.15, 0.2) is 42.5 Å². The van der Waals surface area contributed by atoms with E-state index in [1.807, 2.05) is 36.4 Å². The molecule has 2 rings (SSSR count). The molecule has 1 unspecified atom stereocenters. The molecule has 0 spiro atoms. The first-order valence-corrected chi connectivity index (χ1v) is 7.79. The first kappa shape index (κ1) is 17.2. The number of aryl methyl sites for hydroxylation is 1. The molecule has 0 bridgehead atoms. The van der Waals surface area contributed by atoms with E-state index in [0.29, 0.717) is 13.2 Å². The number of hydrogen-bond acceptors (Lipinski definition) is 4. The first-order chi connectivity index (χ1) is 11.2. The Kier molecular flexibility index (Phi) is 6.29. The Hall–Kier alpha value is -2.20. The zero-order valence-electron chi connectivity index (χ0n) is 14.0. The Bertz CT molecular complexity index is 628. The van der Waals surface area contributed by atoms with Crippen LogP contribution in [0.2, 0.25) is 0 Å². The van der Waals surface area contributed by atoms with E-state index in [9.17, 15) is 0 Å². The van der Waals surface area contributed by atoms with E-state index in [-0.39, 0.29) is 5.92 Å². The van der Waals surface area contributed by atoms with Crippen LogP contribution in [0.3, 0.4) is 0 Å². The number of rotatable bonds is 8. The van der Waals surface area contributed by atoms with E-state index in [0.717, 1.165) is 29.2 Å². The van der Waals surface area contributed by atoms with Crippen molar-refractivity contribution in [3.63, 3.8) is 0 Å². The van der Waals surface area contributed by atoms with Crippen LogP contribution in [0, 0.1) is 6.92 Å². The van der Waals surface area contributed by atoms with Crippen molar-refractivity contribution in [2.45, 2.75) is 19.3 Å². The van der Waals surface area contributed by atoms with E-state index < -0.39 is 0 Å². The lowest BCUT2D eigenvalue weighted by atomic mass is 9.95. The zero-order valence-corrected chi connectivity index (χ0v) is 14.0. The fourth-order valence-electron chi connectivity index (χ4n) is 2.58. The van der Waals surface area contributed by atoms with Gasteiger partial charge in [-0.2, -0.15) is 0 Å². The van der Waals surface area contributed by atoms with Crippen molar-refractivity contribution in [3.8, 4) is 17.2 Å². The number of ether oxygens (including phenoxy) is 3. The van der Waals surface area contributed by atoms with Crippen LogP contribution in [0.1, 0.15) is 23.5 Å². The molecular weight excluding hydrogens is 290 g/mol. The van der Waals surface area contributed by atoms with Crippen LogP contribution in [0.5, 0.6) is 17.2 Å². The molecule has 0 amide bonds. The van der Waals surface area contributed by atoms with Crippen molar-refractivity contribution in [2.24, 2.45) is 5.73 Å². The maximum absolute atomic E-state index is 5.97. The van der Waals surface area contributed by atoms with Gasteiger partial charge in [-0.1, -0.05) is 12.1 Å². The molecule has 0 aromatic heterocycles. The van der Waals surface area contributed by atoms with Crippen LogP contribution in [0.25, 0.3) is 0 Å². The predicted molar refractivity (Wildman–Crippen MR) is 92.6 cm³/mol. The highest BCUT2D eigenvalue weighted by Crippen LogP contribution is 2.32. The van der Waals surface area contributed by atoms with Gasteiger partial charge in [0.25, 0.3) is 0 Å². The summed E-state index contributed by atoms with van der Waals surface area (Å²) in [6.45, 7) is 3.18. The Morgan fingerprint density at radius 2 is 1.83 bits per heavy atom. The highest BCUT2D eigenvalue weighted by molar-refractivity contribution is 5.42. The van der Waals surface area contributed by atoms with Gasteiger partial charge in [0.2, 0.25) is 0 Å². The Balaban J connectivity index is 2.05. The van der Waals surface area contributed by atoms with Gasteiger partial charge < -0.3 is 19.9 Å². The lowest BCUT2D eigenvalue weighted by Crippen LogP contribution is -2.16. The molecule has 0 radical (unpaired) electrons. The van der Waals surface area contributed by atoms with Gasteiger partial charge in [0.15, 0.2) is 0 Å². The summed E-state index contributed by atoms with van der Waals surface area (Å²) in [6.07, 6.45) is 0.813. The van der Waals surface area contributed by atoms with E-state index >= 15 is 0 Å². The van der Waals surface area contributed by atoms with Gasteiger partial charge in [-0.25, -0.2) is 0 Å². The molecule has 0 fully saturated rings. The Morgan fingerprint density at radius 1 is 1.00 bits per heavy atom. The van der Waals surface area contributed by atoms with Gasteiger partial charge in [0.1, 0.15) is 17.2 Å². The first-order valence-electron chi connectivity index (χ1n) is 7.79. The average Bonchev–Trinajstić information content (AvgIpc) is 2.58. The quantitative estimate of drug-likeness (QED) is 0.810. The minimum Gasteiger partial charge on any atom is -0.497 e. The second-order valence-corrected chi connectivity index (χ2v) is 5.49. The Morgan fingerprint density at radius 3 is 2.48 bits per heavy atom. The molecule has 0 saturated heterocycles. The van der Waals surface area contributed by atoms with E-state index in [2.05, 4.69) is 13.0 Å². The summed E-state index contributed by atoms with van der Waals surface area (Å²) in [5, 5.41) is 0. The van der Waals surface area contributed by atoms with Gasteiger partial charge >= 0.3 is 0 Å². The molecule has 23 heavy (non-hydrogen) atoms. The highest BCUT2D eigenvalue weighted by atomic mass is 16.5. The number of methoxy groups -OCH3 is 2. The van der Waals surface area contributed by atoms with E-state index in [4.69, 9.17) is 19.9 Å². The largest absolute Gasteiger partial charge is 0.497 e. The summed E-state index contributed by atoms with van der Waals surface area (Å²) < 4.78 is 16.6. The van der Waals surface area contributed by atoms with Gasteiger partial charge in [-0.05, 0) is 55.8 Å². The molecule has 124 valence electrons. The third-order valence-electron chi connectivity index (χ3n) is 3.89. The van der Waals surface area contributed by atoms with Crippen molar-refractivity contribution in [1.82, 2.24) is 0 Å². The summed E-state index contributed by atoms with van der Waals surface area (Å²) in [5.41, 5.74) is 8.22. The van der Waals surface area contributed by atoms with Gasteiger partial charge in [-0.3, -0.25) is 0 Å². The molecule has 0 heterocycles. The maximum atomic E-state index is 5.97. The van der Waals surface area contributed by atoms with Crippen molar-refractivity contribution < 1.29 is 14.2 Å². The average molecular weight is 315 g/mol. The molecule has 2 N–H and O–H groups in total. The van der Waals surface area contributed by atoms with E-state index in [1.165, 1.54) is 5.56 Å². The second kappa shape index (κ2) is 8.44. The molecule has 0 saturated carbocycles.